The van der Waals surface area contributed by atoms with Crippen LogP contribution in [0.1, 0.15) is 11.1 Å². The third-order valence-corrected chi connectivity index (χ3v) is 3.27. The van der Waals surface area contributed by atoms with Crippen molar-refractivity contribution in [3.05, 3.63) is 65.9 Å². The summed E-state index contributed by atoms with van der Waals surface area (Å²) in [6, 6.07) is 8.42. The minimum Gasteiger partial charge on any atom is -0.384 e. The number of benzene rings is 1. The highest BCUT2D eigenvalue weighted by Gasteiger charge is 2.05. The van der Waals surface area contributed by atoms with Crippen molar-refractivity contribution in [3.8, 4) is 11.8 Å². The smallest absolute Gasteiger partial charge is 0.123 e. The minimum atomic E-state index is -0.237. The van der Waals surface area contributed by atoms with Crippen molar-refractivity contribution < 1.29 is 9.50 Å². The van der Waals surface area contributed by atoms with Gasteiger partial charge in [-0.25, -0.2) is 4.39 Å². The van der Waals surface area contributed by atoms with Gasteiger partial charge in [0.15, 0.2) is 0 Å². The third kappa shape index (κ3) is 2.78. The molecule has 0 aliphatic rings. The highest BCUT2D eigenvalue weighted by atomic mass is 19.1. The van der Waals surface area contributed by atoms with Crippen LogP contribution >= 0.6 is 0 Å². The van der Waals surface area contributed by atoms with Crippen LogP contribution in [0.4, 0.5) is 4.39 Å². The quantitative estimate of drug-likeness (QED) is 0.733. The largest absolute Gasteiger partial charge is 0.384 e. The van der Waals surface area contributed by atoms with Crippen molar-refractivity contribution in [1.82, 2.24) is 9.55 Å². The van der Waals surface area contributed by atoms with E-state index in [4.69, 9.17) is 5.11 Å². The van der Waals surface area contributed by atoms with Gasteiger partial charge in [0, 0.05) is 24.3 Å². The molecule has 2 aromatic heterocycles. The van der Waals surface area contributed by atoms with Crippen molar-refractivity contribution >= 4 is 10.9 Å². The number of rotatable bonds is 2. The maximum Gasteiger partial charge on any atom is 0.123 e. The van der Waals surface area contributed by atoms with Crippen LogP contribution in [0.2, 0.25) is 0 Å². The van der Waals surface area contributed by atoms with Crippen LogP contribution in [0.5, 0.6) is 0 Å². The van der Waals surface area contributed by atoms with E-state index in [9.17, 15) is 4.39 Å². The van der Waals surface area contributed by atoms with Crippen LogP contribution in [-0.2, 0) is 6.54 Å². The molecule has 0 spiro atoms. The van der Waals surface area contributed by atoms with Crippen LogP contribution in [0, 0.1) is 17.7 Å². The Kier molecular flexibility index (Phi) is 3.67. The number of hydrogen-bond donors (Lipinski definition) is 1. The number of aliphatic hydroxyl groups excluding tert-OH is 1. The van der Waals surface area contributed by atoms with Gasteiger partial charge >= 0.3 is 0 Å². The number of aliphatic hydroxyl groups is 1. The summed E-state index contributed by atoms with van der Waals surface area (Å²) in [4.78, 5) is 4.19. The fraction of sp³-hybridized carbons (Fsp3) is 0.118. The lowest BCUT2D eigenvalue weighted by Crippen LogP contribution is -1.98. The molecule has 4 heteroatoms. The van der Waals surface area contributed by atoms with Gasteiger partial charge in [0.05, 0.1) is 17.3 Å². The zero-order valence-electron chi connectivity index (χ0n) is 11.3. The van der Waals surface area contributed by atoms with E-state index in [1.807, 2.05) is 16.8 Å². The van der Waals surface area contributed by atoms with Gasteiger partial charge in [0.1, 0.15) is 12.4 Å². The molecular weight excluding hydrogens is 267 g/mol. The number of hydrogen-bond acceptors (Lipinski definition) is 2. The second-order valence-corrected chi connectivity index (χ2v) is 4.65. The van der Waals surface area contributed by atoms with Crippen molar-refractivity contribution in [2.24, 2.45) is 0 Å². The normalized spacial score (nSPS) is 10.4. The lowest BCUT2D eigenvalue weighted by atomic mass is 10.2. The molecule has 3 nitrogen and oxygen atoms in total. The van der Waals surface area contributed by atoms with E-state index >= 15 is 0 Å². The Labute approximate surface area is 121 Å². The molecule has 1 aromatic carbocycles. The van der Waals surface area contributed by atoms with E-state index in [0.29, 0.717) is 6.54 Å². The zero-order chi connectivity index (χ0) is 14.7. The van der Waals surface area contributed by atoms with E-state index in [-0.39, 0.29) is 12.4 Å². The Balaban J connectivity index is 1.98. The fourth-order valence-corrected chi connectivity index (χ4v) is 2.27. The summed E-state index contributed by atoms with van der Waals surface area (Å²) < 4.78 is 15.0. The third-order valence-electron chi connectivity index (χ3n) is 3.27. The molecule has 3 rings (SSSR count). The average Bonchev–Trinajstić information content (AvgIpc) is 2.91. The minimum absolute atomic E-state index is 0.174. The summed E-state index contributed by atoms with van der Waals surface area (Å²) in [5.41, 5.74) is 2.77. The zero-order valence-corrected chi connectivity index (χ0v) is 11.3. The molecule has 0 radical (unpaired) electrons. The summed E-state index contributed by atoms with van der Waals surface area (Å²) >= 11 is 0. The van der Waals surface area contributed by atoms with Crippen LogP contribution in [0.3, 0.4) is 0 Å². The van der Waals surface area contributed by atoms with Gasteiger partial charge in [0.25, 0.3) is 0 Å². The van der Waals surface area contributed by atoms with Gasteiger partial charge in [-0.05, 0) is 23.8 Å². The molecule has 0 saturated heterocycles. The van der Waals surface area contributed by atoms with Gasteiger partial charge in [-0.1, -0.05) is 24.0 Å². The standard InChI is InChI=1S/C17H13FN2O/c18-15-5-3-13(4-6-15)12-20-8-7-16-14(2-1-9-21)10-19-11-17(16)20/h3-8,10-11,21H,9,12H2. The second kappa shape index (κ2) is 5.78. The maximum absolute atomic E-state index is 12.9. The van der Waals surface area contributed by atoms with Crippen molar-refractivity contribution in [2.75, 3.05) is 6.61 Å². The van der Waals surface area contributed by atoms with E-state index in [2.05, 4.69) is 16.8 Å². The highest BCUT2D eigenvalue weighted by Crippen LogP contribution is 2.19. The Morgan fingerprint density at radius 1 is 1.14 bits per heavy atom. The summed E-state index contributed by atoms with van der Waals surface area (Å²) in [5, 5.41) is 9.79. The monoisotopic (exact) mass is 280 g/mol. The van der Waals surface area contributed by atoms with Gasteiger partial charge < -0.3 is 9.67 Å². The van der Waals surface area contributed by atoms with E-state index in [1.54, 1.807) is 24.5 Å². The predicted molar refractivity (Wildman–Crippen MR) is 79.2 cm³/mol. The lowest BCUT2D eigenvalue weighted by molar-refractivity contribution is 0.350. The number of pyridine rings is 1. The first-order valence-corrected chi connectivity index (χ1v) is 6.55. The molecule has 0 bridgehead atoms. The Bertz CT molecular complexity index is 825. The Morgan fingerprint density at radius 3 is 2.71 bits per heavy atom. The van der Waals surface area contributed by atoms with E-state index in [1.165, 1.54) is 12.1 Å². The first-order chi connectivity index (χ1) is 10.3. The van der Waals surface area contributed by atoms with Crippen LogP contribution in [0.25, 0.3) is 10.9 Å². The molecule has 2 heterocycles. The van der Waals surface area contributed by atoms with Crippen LogP contribution in [0.15, 0.2) is 48.9 Å². The van der Waals surface area contributed by atoms with Gasteiger partial charge in [-0.15, -0.1) is 0 Å². The van der Waals surface area contributed by atoms with Crippen LogP contribution < -0.4 is 0 Å². The number of fused-ring (bicyclic) bond motifs is 1. The van der Waals surface area contributed by atoms with E-state index < -0.39 is 0 Å². The molecule has 21 heavy (non-hydrogen) atoms. The molecule has 0 unspecified atom stereocenters. The molecule has 0 aliphatic carbocycles. The first-order valence-electron chi connectivity index (χ1n) is 6.55. The van der Waals surface area contributed by atoms with E-state index in [0.717, 1.165) is 22.0 Å². The lowest BCUT2D eigenvalue weighted by Gasteiger charge is -2.05. The summed E-state index contributed by atoms with van der Waals surface area (Å²) in [6.07, 6.45) is 5.43. The maximum atomic E-state index is 12.9. The summed E-state index contributed by atoms with van der Waals surface area (Å²) in [5.74, 6) is 5.30. The Morgan fingerprint density at radius 2 is 1.95 bits per heavy atom. The summed E-state index contributed by atoms with van der Waals surface area (Å²) in [6.45, 7) is 0.467. The topological polar surface area (TPSA) is 38.1 Å². The van der Waals surface area contributed by atoms with Crippen molar-refractivity contribution in [2.45, 2.75) is 6.54 Å². The molecule has 3 aromatic rings. The average molecular weight is 280 g/mol. The molecular formula is C17H13FN2O. The highest BCUT2D eigenvalue weighted by molar-refractivity contribution is 5.85. The molecule has 0 saturated carbocycles. The molecule has 1 N–H and O–H groups in total. The number of halogens is 1. The van der Waals surface area contributed by atoms with Gasteiger partial charge in [-0.2, -0.15) is 0 Å². The second-order valence-electron chi connectivity index (χ2n) is 4.65. The van der Waals surface area contributed by atoms with Crippen molar-refractivity contribution in [3.63, 3.8) is 0 Å². The Hall–Kier alpha value is -2.64. The van der Waals surface area contributed by atoms with Crippen molar-refractivity contribution in [1.29, 1.82) is 0 Å². The number of aromatic nitrogens is 2. The molecule has 0 amide bonds. The molecule has 0 fully saturated rings. The van der Waals surface area contributed by atoms with Gasteiger partial charge in [0.2, 0.25) is 0 Å². The van der Waals surface area contributed by atoms with Crippen LogP contribution in [-0.4, -0.2) is 21.3 Å². The summed E-state index contributed by atoms with van der Waals surface area (Å²) in [7, 11) is 0. The molecule has 104 valence electrons. The number of nitrogens with zero attached hydrogens (tertiary/aromatic N) is 2. The SMILES string of the molecule is OCC#Cc1cncc2c1ccn2Cc1ccc(F)cc1. The molecule has 0 atom stereocenters. The first kappa shape index (κ1) is 13.3. The van der Waals surface area contributed by atoms with Gasteiger partial charge in [-0.3, -0.25) is 4.98 Å². The molecule has 0 aliphatic heterocycles. The predicted octanol–water partition coefficient (Wildman–Crippen LogP) is 2.57. The fourth-order valence-electron chi connectivity index (χ4n) is 2.27.